The summed E-state index contributed by atoms with van der Waals surface area (Å²) < 4.78 is 81.9. The Kier molecular flexibility index (Phi) is 30.5. The molecule has 570 valence electrons. The Morgan fingerprint density at radius 1 is 0.367 bits per heavy atom. The number of hydrogen-bond acceptors (Lipinski definition) is 24. The van der Waals surface area contributed by atoms with Crippen molar-refractivity contribution < 1.29 is 115 Å². The Hall–Kier alpha value is -11.1. The number of aliphatic hydroxyl groups excluding tert-OH is 3. The van der Waals surface area contributed by atoms with E-state index in [4.69, 9.17) is 61.6 Å². The average molecular weight is 1490 g/mol. The molecule has 24 nitrogen and oxygen atoms in total. The molecule has 109 heavy (non-hydrogen) atoms. The van der Waals surface area contributed by atoms with Gasteiger partial charge in [-0.15, -0.1) is 6.58 Å². The third-order valence-electron chi connectivity index (χ3n) is 17.9. The lowest BCUT2D eigenvalue weighted by Crippen LogP contribution is -2.65. The molecule has 2 fully saturated rings. The summed E-state index contributed by atoms with van der Waals surface area (Å²) in [5, 5.41) is 37.9. The topological polar surface area (TPSA) is 317 Å². The van der Waals surface area contributed by atoms with Gasteiger partial charge in [-0.05, 0) is 116 Å². The molecule has 3 N–H and O–H groups in total. The highest BCUT2D eigenvalue weighted by Crippen LogP contribution is 2.37. The summed E-state index contributed by atoms with van der Waals surface area (Å²) in [6, 6.07) is 61.6. The van der Waals surface area contributed by atoms with E-state index in [0.717, 1.165) is 32.1 Å². The molecule has 24 heteroatoms. The predicted octanol–water partition coefficient (Wildman–Crippen LogP) is 11.5. The molecule has 2 aliphatic rings. The monoisotopic (exact) mass is 1490 g/mol. The van der Waals surface area contributed by atoms with E-state index in [1.807, 2.05) is 6.08 Å². The molecule has 8 aromatic rings. The fourth-order valence-electron chi connectivity index (χ4n) is 12.0. The van der Waals surface area contributed by atoms with Crippen molar-refractivity contribution in [1.29, 1.82) is 0 Å². The quantitative estimate of drug-likeness (QED) is 0.0107. The van der Waals surface area contributed by atoms with Gasteiger partial charge in [0.1, 0.15) is 37.6 Å². The highest BCUT2D eigenvalue weighted by atomic mass is 16.8. The number of unbranched alkanes of at least 4 members (excludes halogenated alkanes) is 6. The van der Waals surface area contributed by atoms with Crippen LogP contribution in [0.4, 0.5) is 0 Å². The molecule has 0 bridgehead atoms. The second-order valence-corrected chi connectivity index (χ2v) is 25.8. The van der Waals surface area contributed by atoms with Crippen molar-refractivity contribution in [2.24, 2.45) is 5.92 Å². The Labute approximate surface area is 630 Å². The van der Waals surface area contributed by atoms with Gasteiger partial charge in [0.05, 0.1) is 57.2 Å². The number of hydrogen-bond donors (Lipinski definition) is 3. The number of rotatable bonds is 37. The van der Waals surface area contributed by atoms with E-state index < -0.39 is 160 Å². The lowest BCUT2D eigenvalue weighted by Gasteiger charge is -2.46. The second-order valence-electron chi connectivity index (χ2n) is 25.8. The smallest absolute Gasteiger partial charge is 0.338 e. The van der Waals surface area contributed by atoms with E-state index >= 15 is 0 Å². The normalized spacial score (nSPS) is 20.9. The van der Waals surface area contributed by atoms with Crippen molar-refractivity contribution in [3.05, 3.63) is 300 Å². The first-order chi connectivity index (χ1) is 53.0. The Morgan fingerprint density at radius 2 is 0.651 bits per heavy atom. The first kappa shape index (κ1) is 80.5. The molecule has 0 saturated carbocycles. The average Bonchev–Trinajstić information content (AvgIpc) is 0.779. The third-order valence-corrected chi connectivity index (χ3v) is 17.9. The van der Waals surface area contributed by atoms with Crippen LogP contribution in [0.2, 0.25) is 0 Å². The summed E-state index contributed by atoms with van der Waals surface area (Å²) in [4.78, 5) is 115. The van der Waals surface area contributed by atoms with Crippen LogP contribution in [0.3, 0.4) is 0 Å². The molecular formula is C85H86O24. The fourth-order valence-corrected chi connectivity index (χ4v) is 12.0. The number of allylic oxidation sites excluding steroid dienone is 1. The van der Waals surface area contributed by atoms with Gasteiger partial charge >= 0.3 is 47.8 Å². The summed E-state index contributed by atoms with van der Waals surface area (Å²) in [5.41, 5.74) is 0.150. The largest absolute Gasteiger partial charge is 0.459 e. The van der Waals surface area contributed by atoms with E-state index in [1.54, 1.807) is 146 Å². The van der Waals surface area contributed by atoms with Gasteiger partial charge in [0.15, 0.2) is 55.5 Å². The van der Waals surface area contributed by atoms with Crippen LogP contribution in [-0.4, -0.2) is 176 Å². The molecule has 15 unspecified atom stereocenters. The number of benzene rings is 8. The maximum Gasteiger partial charge on any atom is 0.338 e. The van der Waals surface area contributed by atoms with Gasteiger partial charge in [-0.1, -0.05) is 184 Å². The van der Waals surface area contributed by atoms with Crippen LogP contribution in [0.25, 0.3) is 0 Å². The van der Waals surface area contributed by atoms with Crippen LogP contribution in [-0.2, 0) is 61.6 Å². The molecule has 0 amide bonds. The van der Waals surface area contributed by atoms with Gasteiger partial charge < -0.3 is 76.9 Å². The molecule has 8 aromatic carbocycles. The summed E-state index contributed by atoms with van der Waals surface area (Å²) in [7, 11) is 0. The molecule has 10 rings (SSSR count). The molecule has 0 spiro atoms. The molecule has 2 heterocycles. The molecule has 0 radical (unpaired) electrons. The lowest BCUT2D eigenvalue weighted by atomic mass is 9.94. The van der Waals surface area contributed by atoms with Gasteiger partial charge in [0, 0.05) is 12.5 Å². The van der Waals surface area contributed by atoms with Gasteiger partial charge in [0.2, 0.25) is 0 Å². The molecule has 0 aromatic heterocycles. The van der Waals surface area contributed by atoms with E-state index in [-0.39, 0.29) is 51.1 Å². The van der Waals surface area contributed by atoms with Crippen molar-refractivity contribution in [1.82, 2.24) is 0 Å². The summed E-state index contributed by atoms with van der Waals surface area (Å²) >= 11 is 0. The number of esters is 8. The maximum absolute atomic E-state index is 14.7. The molecule has 15 atom stereocenters. The van der Waals surface area contributed by atoms with Crippen LogP contribution in [0.15, 0.2) is 255 Å². The summed E-state index contributed by atoms with van der Waals surface area (Å²) in [6.07, 6.45) is -20.4. The highest BCUT2D eigenvalue weighted by Gasteiger charge is 2.57. The summed E-state index contributed by atoms with van der Waals surface area (Å²) in [6.45, 7) is 2.81. The zero-order valence-electron chi connectivity index (χ0n) is 59.7. The van der Waals surface area contributed by atoms with Crippen molar-refractivity contribution in [2.45, 2.75) is 138 Å². The second kappa shape index (κ2) is 41.3. The Bertz CT molecular complexity index is 4180. The van der Waals surface area contributed by atoms with Crippen LogP contribution < -0.4 is 0 Å². The van der Waals surface area contributed by atoms with Gasteiger partial charge in [-0.2, -0.15) is 0 Å². The minimum atomic E-state index is -2.31. The summed E-state index contributed by atoms with van der Waals surface area (Å²) in [5.74, 6) is -9.25. The third kappa shape index (κ3) is 23.0. The minimum Gasteiger partial charge on any atom is -0.459 e. The van der Waals surface area contributed by atoms with Gasteiger partial charge in [-0.3, -0.25) is 0 Å². The molecular weight excluding hydrogens is 1400 g/mol. The number of aliphatic hydroxyl groups is 3. The number of ether oxygens (including phenoxy) is 13. The fraction of sp³-hybridized carbons (Fsp3) is 0.318. The molecule has 2 aliphatic heterocycles. The van der Waals surface area contributed by atoms with Crippen molar-refractivity contribution in [3.63, 3.8) is 0 Å². The zero-order valence-corrected chi connectivity index (χ0v) is 59.7. The Morgan fingerprint density at radius 3 is 0.991 bits per heavy atom. The van der Waals surface area contributed by atoms with E-state index in [0.29, 0.717) is 12.8 Å². The van der Waals surface area contributed by atoms with Crippen molar-refractivity contribution >= 4 is 47.8 Å². The first-order valence-corrected chi connectivity index (χ1v) is 35.9. The predicted molar refractivity (Wildman–Crippen MR) is 391 cm³/mol. The van der Waals surface area contributed by atoms with E-state index in [1.165, 1.54) is 104 Å². The zero-order chi connectivity index (χ0) is 76.9. The first-order valence-electron chi connectivity index (χ1n) is 35.9. The van der Waals surface area contributed by atoms with Crippen molar-refractivity contribution in [3.8, 4) is 0 Å². The van der Waals surface area contributed by atoms with Crippen LogP contribution in [0.5, 0.6) is 0 Å². The molecule has 0 aliphatic carbocycles. The van der Waals surface area contributed by atoms with Crippen molar-refractivity contribution in [2.75, 3.05) is 26.4 Å². The minimum absolute atomic E-state index is 0.00300. The standard InChI is InChI=1S/C85H86O24/c1-3-4-5-6-7-8-9-34-51-97-83(96)67(87)70(109-85-74(108-82(95)63-49-32-17-33-50-63)72(106-80(93)61-45-28-15-29-46-61)69(104-78(91)59-41-24-13-25-42-59)65(102-85)54-99-76(89)57-37-20-11-21-38-57)66(86)55(2)52-100-84-73(107-81(94)62-47-30-16-31-48-62)71(105-79(92)60-43-26-14-27-44-60)68(103-77(90)58-39-22-12-23-40-58)64(101-84)53-98-75(88)56-35-18-10-19-36-56/h3,10-33,35-50,55,64-74,83-87,96H,1,4-9,34,51-54H2,2H3. The van der Waals surface area contributed by atoms with Crippen LogP contribution >= 0.6 is 0 Å². The SMILES string of the molecule is C=CCCCCCCCCOC(O)C(O)C(OC1OC(COC(=O)c2ccccc2)C(OC(=O)c2ccccc2)C(OC(=O)c2ccccc2)C1OC(=O)c1ccccc1)C(O)C(C)COC1OC(COC(=O)c2ccccc2)C(OC(=O)c2ccccc2)C(OC(=O)c2ccccc2)C1OC(=O)c1ccccc1. The molecule has 2 saturated heterocycles. The number of carbonyl (C=O) groups excluding carboxylic acids is 8. The van der Waals surface area contributed by atoms with Gasteiger partial charge in [-0.25, -0.2) is 38.4 Å². The number of carbonyl (C=O) groups is 8. The maximum atomic E-state index is 14.7. The highest BCUT2D eigenvalue weighted by molar-refractivity contribution is 5.93. The van der Waals surface area contributed by atoms with Gasteiger partial charge in [0.25, 0.3) is 0 Å². The van der Waals surface area contributed by atoms with Crippen LogP contribution in [0.1, 0.15) is 135 Å². The van der Waals surface area contributed by atoms with E-state index in [9.17, 15) is 53.7 Å². The lowest BCUT2D eigenvalue weighted by molar-refractivity contribution is -0.333. The van der Waals surface area contributed by atoms with E-state index in [2.05, 4.69) is 6.58 Å². The Balaban J connectivity index is 1.05. The van der Waals surface area contributed by atoms with Crippen LogP contribution in [0, 0.1) is 5.92 Å².